The van der Waals surface area contributed by atoms with Crippen molar-refractivity contribution in [2.45, 2.75) is 38.0 Å². The van der Waals surface area contributed by atoms with Crippen LogP contribution in [-0.4, -0.2) is 23.2 Å². The molecule has 0 saturated heterocycles. The van der Waals surface area contributed by atoms with Gasteiger partial charge in [0.2, 0.25) is 0 Å². The van der Waals surface area contributed by atoms with Crippen LogP contribution in [0.4, 0.5) is 11.5 Å². The Morgan fingerprint density at radius 2 is 1.74 bits per heavy atom. The van der Waals surface area contributed by atoms with E-state index in [0.29, 0.717) is 28.4 Å². The summed E-state index contributed by atoms with van der Waals surface area (Å²) in [6.45, 7) is 8.07. The van der Waals surface area contributed by atoms with Gasteiger partial charge in [-0.05, 0) is 54.3 Å². The highest BCUT2D eigenvalue weighted by Gasteiger charge is 2.21. The molecule has 2 aromatic heterocycles. The third-order valence-electron chi connectivity index (χ3n) is 5.11. The fourth-order valence-electron chi connectivity index (χ4n) is 3.45. The molecule has 0 saturated carbocycles. The largest absolute Gasteiger partial charge is 0.397 e. The molecule has 0 fully saturated rings. The van der Waals surface area contributed by atoms with Gasteiger partial charge in [0, 0.05) is 17.6 Å². The van der Waals surface area contributed by atoms with Crippen LogP contribution >= 0.6 is 0 Å². The summed E-state index contributed by atoms with van der Waals surface area (Å²) in [5.41, 5.74) is 9.61. The molecule has 31 heavy (non-hydrogen) atoms. The van der Waals surface area contributed by atoms with Gasteiger partial charge in [-0.2, -0.15) is 5.10 Å². The van der Waals surface area contributed by atoms with Crippen LogP contribution in [0.15, 0.2) is 65.7 Å². The molecule has 2 aromatic carbocycles. The molecule has 160 valence electrons. The molecular weight excluding hydrogens is 410 g/mol. The van der Waals surface area contributed by atoms with Gasteiger partial charge in [0.15, 0.2) is 0 Å². The monoisotopic (exact) mass is 435 g/mol. The number of pyridine rings is 1. The first-order valence-corrected chi connectivity index (χ1v) is 11.4. The summed E-state index contributed by atoms with van der Waals surface area (Å²) in [6.07, 6.45) is 1.67. The summed E-state index contributed by atoms with van der Waals surface area (Å²) in [4.78, 5) is 4.54. The van der Waals surface area contributed by atoms with E-state index in [-0.39, 0.29) is 10.3 Å². The molecule has 7 nitrogen and oxygen atoms in total. The average Bonchev–Trinajstić information content (AvgIpc) is 3.07. The Kier molecular flexibility index (Phi) is 4.97. The van der Waals surface area contributed by atoms with E-state index < -0.39 is 10.0 Å². The van der Waals surface area contributed by atoms with Gasteiger partial charge in [0.05, 0.1) is 27.5 Å². The first-order chi connectivity index (χ1) is 14.6. The zero-order valence-electron chi connectivity index (χ0n) is 17.9. The highest BCUT2D eigenvalue weighted by atomic mass is 32.2. The molecular formula is C23H25N5O2S. The van der Waals surface area contributed by atoms with Crippen molar-refractivity contribution in [3.8, 4) is 5.69 Å². The number of nitrogens with one attached hydrogen (secondary N) is 1. The van der Waals surface area contributed by atoms with Crippen LogP contribution in [0.2, 0.25) is 0 Å². The van der Waals surface area contributed by atoms with Gasteiger partial charge in [-0.15, -0.1) is 0 Å². The van der Waals surface area contributed by atoms with Gasteiger partial charge < -0.3 is 5.73 Å². The maximum atomic E-state index is 13.1. The smallest absolute Gasteiger partial charge is 0.263 e. The molecule has 2 heterocycles. The van der Waals surface area contributed by atoms with Crippen molar-refractivity contribution in [1.82, 2.24) is 14.8 Å². The van der Waals surface area contributed by atoms with Crippen molar-refractivity contribution in [1.29, 1.82) is 0 Å². The van der Waals surface area contributed by atoms with Gasteiger partial charge in [-0.1, -0.05) is 32.9 Å². The number of hydrogen-bond donors (Lipinski definition) is 2. The molecule has 4 aromatic rings. The van der Waals surface area contributed by atoms with Gasteiger partial charge in [0.25, 0.3) is 10.0 Å². The van der Waals surface area contributed by atoms with Gasteiger partial charge >= 0.3 is 0 Å². The molecule has 0 aliphatic rings. The number of fused-ring (bicyclic) bond motifs is 1. The van der Waals surface area contributed by atoms with E-state index in [9.17, 15) is 8.42 Å². The third-order valence-corrected chi connectivity index (χ3v) is 6.48. The second-order valence-electron chi connectivity index (χ2n) is 8.54. The summed E-state index contributed by atoms with van der Waals surface area (Å²) < 4.78 is 30.4. The van der Waals surface area contributed by atoms with Crippen LogP contribution in [0.25, 0.3) is 16.6 Å². The lowest BCUT2D eigenvalue weighted by molar-refractivity contribution is 0.587. The molecule has 0 bridgehead atoms. The average molecular weight is 436 g/mol. The van der Waals surface area contributed by atoms with Crippen molar-refractivity contribution >= 4 is 32.4 Å². The number of hydrogen-bond acceptors (Lipinski definition) is 5. The highest BCUT2D eigenvalue weighted by Crippen LogP contribution is 2.29. The summed E-state index contributed by atoms with van der Waals surface area (Å²) in [5, 5.41) is 5.28. The number of sulfonamides is 1. The number of anilines is 2. The van der Waals surface area contributed by atoms with Crippen LogP contribution < -0.4 is 10.5 Å². The predicted octanol–water partition coefficient (Wildman–Crippen LogP) is 4.41. The number of aromatic nitrogens is 3. The lowest BCUT2D eigenvalue weighted by atomic mass is 9.87. The number of nitrogens with zero attached hydrogens (tertiary/aromatic N) is 3. The highest BCUT2D eigenvalue weighted by molar-refractivity contribution is 7.92. The summed E-state index contributed by atoms with van der Waals surface area (Å²) in [5.74, 6) is 0.340. The number of benzene rings is 2. The van der Waals surface area contributed by atoms with E-state index in [1.165, 1.54) is 0 Å². The van der Waals surface area contributed by atoms with Crippen LogP contribution in [0.1, 0.15) is 32.0 Å². The molecule has 0 unspecified atom stereocenters. The molecule has 0 aliphatic heterocycles. The van der Waals surface area contributed by atoms with Gasteiger partial charge in [-0.25, -0.2) is 13.1 Å². The number of nitrogen functional groups attached to an aromatic ring is 1. The van der Waals surface area contributed by atoms with E-state index in [1.54, 1.807) is 35.1 Å². The quantitative estimate of drug-likeness (QED) is 0.462. The second-order valence-corrected chi connectivity index (χ2v) is 10.2. The summed E-state index contributed by atoms with van der Waals surface area (Å²) >= 11 is 0. The normalized spacial score (nSPS) is 12.3. The van der Waals surface area contributed by atoms with Crippen molar-refractivity contribution in [3.63, 3.8) is 0 Å². The number of nitrogens with two attached hydrogens (primary N) is 1. The summed E-state index contributed by atoms with van der Waals surface area (Å²) in [7, 11) is -3.81. The first-order valence-electron chi connectivity index (χ1n) is 9.90. The van der Waals surface area contributed by atoms with E-state index in [0.717, 1.165) is 10.9 Å². The fourth-order valence-corrected chi connectivity index (χ4v) is 4.48. The lowest BCUT2D eigenvalue weighted by Crippen LogP contribution is -2.17. The molecule has 0 aliphatic carbocycles. The Bertz CT molecular complexity index is 1370. The van der Waals surface area contributed by atoms with Gasteiger partial charge in [0.1, 0.15) is 5.82 Å². The molecule has 0 radical (unpaired) electrons. The Labute approximate surface area is 182 Å². The Hall–Kier alpha value is -3.39. The number of aryl methyl sites for hydroxylation is 1. The van der Waals surface area contributed by atoms with E-state index in [2.05, 4.69) is 35.6 Å². The SMILES string of the molecule is Cc1cc(NS(=O)(=O)c2ccc(C(C)(C)C)cc2)n(-c2ccc(N)c3ncccc23)n1. The fraction of sp³-hybridized carbons (Fsp3) is 0.217. The minimum Gasteiger partial charge on any atom is -0.397 e. The maximum absolute atomic E-state index is 13.1. The van der Waals surface area contributed by atoms with Crippen molar-refractivity contribution < 1.29 is 8.42 Å². The zero-order chi connectivity index (χ0) is 22.4. The number of rotatable bonds is 4. The van der Waals surface area contributed by atoms with E-state index >= 15 is 0 Å². The van der Waals surface area contributed by atoms with E-state index in [4.69, 9.17) is 5.73 Å². The molecule has 4 rings (SSSR count). The Balaban J connectivity index is 1.76. The lowest BCUT2D eigenvalue weighted by Gasteiger charge is -2.19. The predicted molar refractivity (Wildman–Crippen MR) is 124 cm³/mol. The maximum Gasteiger partial charge on any atom is 0.263 e. The molecule has 0 atom stereocenters. The second kappa shape index (κ2) is 7.39. The van der Waals surface area contributed by atoms with Crippen molar-refractivity contribution in [2.24, 2.45) is 0 Å². The zero-order valence-corrected chi connectivity index (χ0v) is 18.7. The van der Waals surface area contributed by atoms with Gasteiger partial charge in [-0.3, -0.25) is 9.71 Å². The minimum atomic E-state index is -3.81. The minimum absolute atomic E-state index is 0.0598. The molecule has 8 heteroatoms. The van der Waals surface area contributed by atoms with Crippen molar-refractivity contribution in [2.75, 3.05) is 10.5 Å². The van der Waals surface area contributed by atoms with Crippen LogP contribution in [0.5, 0.6) is 0 Å². The molecule has 0 spiro atoms. The van der Waals surface area contributed by atoms with Crippen molar-refractivity contribution in [3.05, 3.63) is 72.1 Å². The standard InChI is InChI=1S/C23H25N5O2S/c1-15-14-21(27-31(29,30)17-9-7-16(8-10-17)23(2,3)4)28(26-15)20-12-11-19(24)22-18(20)6-5-13-25-22/h5-14,27H,24H2,1-4H3. The van der Waals surface area contributed by atoms with Crippen LogP contribution in [0.3, 0.4) is 0 Å². The van der Waals surface area contributed by atoms with Crippen LogP contribution in [0, 0.1) is 6.92 Å². The summed E-state index contributed by atoms with van der Waals surface area (Å²) in [6, 6.07) is 15.9. The van der Waals surface area contributed by atoms with Crippen LogP contribution in [-0.2, 0) is 15.4 Å². The molecule has 0 amide bonds. The topological polar surface area (TPSA) is 103 Å². The Morgan fingerprint density at radius 1 is 1.03 bits per heavy atom. The first kappa shape index (κ1) is 20.9. The third kappa shape index (κ3) is 3.98. The van der Waals surface area contributed by atoms with E-state index in [1.807, 2.05) is 37.3 Å². The Morgan fingerprint density at radius 3 is 2.42 bits per heavy atom. The molecule has 3 N–H and O–H groups in total.